The topological polar surface area (TPSA) is 84.0 Å². The summed E-state index contributed by atoms with van der Waals surface area (Å²) in [5.74, 6) is 0.453. The van der Waals surface area contributed by atoms with Gasteiger partial charge in [0.15, 0.2) is 16.3 Å². The Morgan fingerprint density at radius 2 is 1.88 bits per heavy atom. The lowest BCUT2D eigenvalue weighted by atomic mass is 9.95. The second-order valence-electron chi connectivity index (χ2n) is 9.45. The number of ether oxygens (including phenoxy) is 3. The van der Waals surface area contributed by atoms with Crippen LogP contribution in [0.1, 0.15) is 36.7 Å². The van der Waals surface area contributed by atoms with Crippen LogP contribution >= 0.6 is 27.3 Å². The molecule has 0 fully saturated rings. The predicted molar refractivity (Wildman–Crippen MR) is 165 cm³/mol. The quantitative estimate of drug-likeness (QED) is 0.200. The normalized spacial score (nSPS) is 15.1. The summed E-state index contributed by atoms with van der Waals surface area (Å²) >= 11 is 4.93. The Hall–Kier alpha value is -3.89. The number of thiazole rings is 1. The molecule has 2 aromatic carbocycles. The van der Waals surface area contributed by atoms with Crippen LogP contribution in [-0.2, 0) is 16.1 Å². The number of methoxy groups -OCH3 is 2. The van der Waals surface area contributed by atoms with Gasteiger partial charge in [-0.25, -0.2) is 9.79 Å². The van der Waals surface area contributed by atoms with E-state index in [-0.39, 0.29) is 17.7 Å². The minimum atomic E-state index is -0.801. The van der Waals surface area contributed by atoms with E-state index >= 15 is 0 Å². The number of aromatic nitrogens is 2. The fraction of sp³-hybridized carbons (Fsp3) is 0.258. The third kappa shape index (κ3) is 4.85. The predicted octanol–water partition coefficient (Wildman–Crippen LogP) is 5.03. The molecule has 10 heteroatoms. The zero-order valence-electron chi connectivity index (χ0n) is 23.5. The molecule has 1 atom stereocenters. The number of carbonyl (C=O) groups is 1. The first-order valence-corrected chi connectivity index (χ1v) is 14.7. The number of nitrogens with zero attached hydrogens (tertiary/aromatic N) is 3. The van der Waals surface area contributed by atoms with Crippen LogP contribution in [0.5, 0.6) is 11.5 Å². The largest absolute Gasteiger partial charge is 0.493 e. The zero-order valence-corrected chi connectivity index (χ0v) is 25.9. The molecule has 0 saturated carbocycles. The number of fused-ring (bicyclic) bond motifs is 2. The van der Waals surface area contributed by atoms with Crippen LogP contribution in [0.2, 0.25) is 0 Å². The van der Waals surface area contributed by atoms with E-state index in [2.05, 4.69) is 39.2 Å². The highest BCUT2D eigenvalue weighted by Gasteiger charge is 2.35. The zero-order chi connectivity index (χ0) is 29.4. The van der Waals surface area contributed by atoms with Gasteiger partial charge in [-0.15, -0.1) is 6.58 Å². The van der Waals surface area contributed by atoms with E-state index in [1.54, 1.807) is 44.8 Å². The van der Waals surface area contributed by atoms with Crippen LogP contribution in [0.4, 0.5) is 0 Å². The van der Waals surface area contributed by atoms with Gasteiger partial charge in [0.25, 0.3) is 5.56 Å². The maximum absolute atomic E-state index is 14.2. The van der Waals surface area contributed by atoms with Gasteiger partial charge >= 0.3 is 5.97 Å². The van der Waals surface area contributed by atoms with Crippen molar-refractivity contribution in [3.05, 3.63) is 101 Å². The summed E-state index contributed by atoms with van der Waals surface area (Å²) in [5.41, 5.74) is 4.22. The highest BCUT2D eigenvalue weighted by molar-refractivity contribution is 9.10. The molecule has 0 N–H and O–H groups in total. The third-order valence-corrected chi connectivity index (χ3v) is 8.85. The van der Waals surface area contributed by atoms with Crippen molar-refractivity contribution in [2.45, 2.75) is 33.4 Å². The Morgan fingerprint density at radius 3 is 2.56 bits per heavy atom. The van der Waals surface area contributed by atoms with Gasteiger partial charge in [-0.2, -0.15) is 0 Å². The van der Waals surface area contributed by atoms with Crippen LogP contribution in [0.3, 0.4) is 0 Å². The van der Waals surface area contributed by atoms with Crippen molar-refractivity contribution in [2.75, 3.05) is 20.8 Å². The molecule has 5 rings (SSSR count). The first-order chi connectivity index (χ1) is 19.7. The molecule has 0 aliphatic carbocycles. The highest BCUT2D eigenvalue weighted by Crippen LogP contribution is 2.40. The minimum absolute atomic E-state index is 0.188. The van der Waals surface area contributed by atoms with Gasteiger partial charge in [0.05, 0.1) is 42.7 Å². The summed E-state index contributed by atoms with van der Waals surface area (Å²) in [6, 6.07) is 10.8. The van der Waals surface area contributed by atoms with E-state index < -0.39 is 12.0 Å². The number of hydrogen-bond acceptors (Lipinski definition) is 7. The molecule has 1 aliphatic rings. The number of allylic oxidation sites excluding steroid dienone is 2. The Morgan fingerprint density at radius 1 is 1.17 bits per heavy atom. The van der Waals surface area contributed by atoms with Gasteiger partial charge in [0.1, 0.15) is 0 Å². The molecular formula is C31H30BrN3O5S. The van der Waals surface area contributed by atoms with Crippen molar-refractivity contribution in [3.63, 3.8) is 0 Å². The van der Waals surface area contributed by atoms with Crippen LogP contribution in [-0.4, -0.2) is 35.9 Å². The van der Waals surface area contributed by atoms with Gasteiger partial charge in [-0.05, 0) is 50.6 Å². The van der Waals surface area contributed by atoms with Gasteiger partial charge in [-0.3, -0.25) is 9.36 Å². The first kappa shape index (κ1) is 28.6. The lowest BCUT2D eigenvalue weighted by molar-refractivity contribution is -0.139. The van der Waals surface area contributed by atoms with Gasteiger partial charge in [-0.1, -0.05) is 51.5 Å². The number of esters is 1. The molecule has 4 aromatic rings. The Kier molecular flexibility index (Phi) is 8.06. The number of halogens is 1. The number of para-hydroxylation sites is 1. The van der Waals surface area contributed by atoms with Crippen molar-refractivity contribution in [3.8, 4) is 11.5 Å². The summed E-state index contributed by atoms with van der Waals surface area (Å²) < 4.78 is 21.4. The number of carbonyl (C=O) groups excluding carboxylic acids is 1. The Balaban J connectivity index is 1.80. The molecule has 41 heavy (non-hydrogen) atoms. The van der Waals surface area contributed by atoms with E-state index in [0.29, 0.717) is 43.1 Å². The summed E-state index contributed by atoms with van der Waals surface area (Å²) in [6.07, 6.45) is 3.78. The maximum atomic E-state index is 14.2. The molecule has 0 bridgehead atoms. The van der Waals surface area contributed by atoms with Crippen molar-refractivity contribution >= 4 is 50.2 Å². The SMILES string of the molecule is C=CCn1c(C)c(/C=c2/sc3n(c2=O)C(c2cc(OC)c(OC)cc2Br)C(C(=O)OCC)=C(C)N=3)c2ccccc21. The lowest BCUT2D eigenvalue weighted by Crippen LogP contribution is -2.40. The van der Waals surface area contributed by atoms with Crippen molar-refractivity contribution in [1.82, 2.24) is 9.13 Å². The van der Waals surface area contributed by atoms with E-state index in [9.17, 15) is 9.59 Å². The molecule has 0 radical (unpaired) electrons. The van der Waals surface area contributed by atoms with Gasteiger partial charge < -0.3 is 18.8 Å². The number of rotatable bonds is 8. The van der Waals surface area contributed by atoms with Crippen molar-refractivity contribution in [2.24, 2.45) is 4.99 Å². The van der Waals surface area contributed by atoms with E-state index in [1.165, 1.54) is 11.3 Å². The van der Waals surface area contributed by atoms with Crippen LogP contribution in [0.15, 0.2) is 74.6 Å². The standard InChI is InChI=1S/C31H30BrN3O5S/c1-7-13-34-18(4)20(19-11-9-10-12-23(19)34)15-26-29(36)35-28(21-14-24(38-5)25(39-6)16-22(21)32)27(30(37)40-8-2)17(3)33-31(35)41-26/h7,9-12,14-16,28H,1,8,13H2,2-6H3/b26-15+. The number of hydrogen-bond donors (Lipinski definition) is 0. The molecule has 0 spiro atoms. The highest BCUT2D eigenvalue weighted by atomic mass is 79.9. The minimum Gasteiger partial charge on any atom is -0.493 e. The van der Waals surface area contributed by atoms with Crippen molar-refractivity contribution in [1.29, 1.82) is 0 Å². The Labute approximate surface area is 249 Å². The monoisotopic (exact) mass is 635 g/mol. The summed E-state index contributed by atoms with van der Waals surface area (Å²) in [7, 11) is 3.09. The first-order valence-electron chi connectivity index (χ1n) is 13.0. The van der Waals surface area contributed by atoms with Gasteiger partial charge in [0, 0.05) is 33.2 Å². The fourth-order valence-corrected chi connectivity index (χ4v) is 6.87. The van der Waals surface area contributed by atoms with E-state index in [4.69, 9.17) is 19.2 Å². The molecular weight excluding hydrogens is 606 g/mol. The summed E-state index contributed by atoms with van der Waals surface area (Å²) in [6.45, 7) is 10.3. The van der Waals surface area contributed by atoms with Gasteiger partial charge in [0.2, 0.25) is 0 Å². The molecule has 0 amide bonds. The lowest BCUT2D eigenvalue weighted by Gasteiger charge is -2.26. The van der Waals surface area contributed by atoms with Crippen LogP contribution < -0.4 is 24.4 Å². The molecule has 0 saturated heterocycles. The second-order valence-corrected chi connectivity index (χ2v) is 11.3. The summed E-state index contributed by atoms with van der Waals surface area (Å²) in [5, 5.41) is 1.04. The molecule has 212 valence electrons. The van der Waals surface area contributed by atoms with Crippen LogP contribution in [0, 0.1) is 6.92 Å². The maximum Gasteiger partial charge on any atom is 0.338 e. The van der Waals surface area contributed by atoms with Crippen molar-refractivity contribution < 1.29 is 19.0 Å². The molecule has 1 unspecified atom stereocenters. The third-order valence-electron chi connectivity index (χ3n) is 7.18. The summed E-state index contributed by atoms with van der Waals surface area (Å²) in [4.78, 5) is 32.7. The molecule has 8 nitrogen and oxygen atoms in total. The smallest absolute Gasteiger partial charge is 0.338 e. The average Bonchev–Trinajstić information content (AvgIpc) is 3.41. The Bertz CT molecular complexity index is 1910. The number of benzene rings is 2. The molecule has 3 heterocycles. The van der Waals surface area contributed by atoms with E-state index in [1.807, 2.05) is 31.2 Å². The fourth-order valence-electron chi connectivity index (χ4n) is 5.30. The van der Waals surface area contributed by atoms with E-state index in [0.717, 1.165) is 22.2 Å². The van der Waals surface area contributed by atoms with Crippen LogP contribution in [0.25, 0.3) is 17.0 Å². The average molecular weight is 637 g/mol. The molecule has 1 aliphatic heterocycles. The second kappa shape index (κ2) is 11.5. The molecule has 2 aromatic heterocycles.